The Labute approximate surface area is 284 Å². The van der Waals surface area contributed by atoms with E-state index in [0.29, 0.717) is 17.5 Å². The van der Waals surface area contributed by atoms with E-state index in [0.717, 1.165) is 33.5 Å². The monoisotopic (exact) mass is 626 g/mol. The number of hydrogen-bond donors (Lipinski definition) is 0. The van der Waals surface area contributed by atoms with Gasteiger partial charge in [-0.3, -0.25) is 0 Å². The lowest BCUT2D eigenvalue weighted by Gasteiger charge is -2.15. The summed E-state index contributed by atoms with van der Waals surface area (Å²) < 4.78 is 2.39. The quantitative estimate of drug-likeness (QED) is 0.184. The fourth-order valence-corrected chi connectivity index (χ4v) is 6.72. The molecule has 4 nitrogen and oxygen atoms in total. The van der Waals surface area contributed by atoms with E-state index < -0.39 is 0 Å². The van der Waals surface area contributed by atoms with Crippen LogP contribution in [-0.2, 0) is 0 Å². The number of fused-ring (bicyclic) bond motifs is 3. The number of rotatable bonds is 6. The number of nitrogens with zero attached hydrogens (tertiary/aromatic N) is 4. The van der Waals surface area contributed by atoms with Crippen LogP contribution in [0.4, 0.5) is 0 Å². The Kier molecular flexibility index (Phi) is 7.10. The summed E-state index contributed by atoms with van der Waals surface area (Å²) in [5.74, 6) is 1.93. The average Bonchev–Trinajstić information content (AvgIpc) is 3.52. The van der Waals surface area contributed by atoms with Crippen LogP contribution in [0.2, 0.25) is 0 Å². The molecule has 9 rings (SSSR count). The molecule has 2 heterocycles. The molecule has 0 unspecified atom stereocenters. The number of aromatic nitrogens is 4. The molecule has 230 valence electrons. The Morgan fingerprint density at radius 1 is 0.306 bits per heavy atom. The summed E-state index contributed by atoms with van der Waals surface area (Å²) in [6, 6.07) is 63.4. The molecule has 0 aliphatic heterocycles. The van der Waals surface area contributed by atoms with Gasteiger partial charge in [-0.1, -0.05) is 152 Å². The maximum Gasteiger partial charge on any atom is 0.164 e. The molecule has 0 fully saturated rings. The summed E-state index contributed by atoms with van der Waals surface area (Å²) in [5.41, 5.74) is 10.9. The van der Waals surface area contributed by atoms with E-state index in [2.05, 4.69) is 126 Å². The van der Waals surface area contributed by atoms with Gasteiger partial charge >= 0.3 is 0 Å². The molecular formula is C45H30N4. The standard InChI is InChI=1S/C45H30N4/c1-4-15-31(16-5-1)34-27-28-42-39(30-34)38-24-11-13-26-41(38)49(42)40-25-12-10-23-37(40)35-21-14-22-36(29-35)45-47-43(32-17-6-2-7-18-32)46-44(48-45)33-19-8-3-9-20-33/h1-30H. The van der Waals surface area contributed by atoms with Gasteiger partial charge in [0, 0.05) is 33.0 Å². The van der Waals surface area contributed by atoms with Crippen molar-refractivity contribution in [2.75, 3.05) is 0 Å². The van der Waals surface area contributed by atoms with Crippen LogP contribution in [0.15, 0.2) is 182 Å². The zero-order chi connectivity index (χ0) is 32.6. The van der Waals surface area contributed by atoms with Crippen molar-refractivity contribution in [1.82, 2.24) is 19.5 Å². The minimum absolute atomic E-state index is 0.636. The maximum absolute atomic E-state index is 4.99. The lowest BCUT2D eigenvalue weighted by Crippen LogP contribution is -2.00. The fourth-order valence-electron chi connectivity index (χ4n) is 6.72. The molecule has 0 aliphatic carbocycles. The van der Waals surface area contributed by atoms with Crippen LogP contribution in [0.25, 0.3) is 83.9 Å². The minimum atomic E-state index is 0.636. The largest absolute Gasteiger partial charge is 0.309 e. The van der Waals surface area contributed by atoms with E-state index in [1.165, 1.54) is 32.9 Å². The van der Waals surface area contributed by atoms with Crippen molar-refractivity contribution in [1.29, 1.82) is 0 Å². The highest BCUT2D eigenvalue weighted by Crippen LogP contribution is 2.38. The SMILES string of the molecule is c1ccc(-c2ccc3c(c2)c2ccccc2n3-c2ccccc2-c2cccc(-c3nc(-c4ccccc4)nc(-c4ccccc4)n3)c2)cc1. The van der Waals surface area contributed by atoms with Gasteiger partial charge in [-0.05, 0) is 47.0 Å². The van der Waals surface area contributed by atoms with Crippen molar-refractivity contribution in [2.24, 2.45) is 0 Å². The molecule has 0 amide bonds. The number of para-hydroxylation sites is 2. The van der Waals surface area contributed by atoms with Crippen LogP contribution in [0.3, 0.4) is 0 Å². The van der Waals surface area contributed by atoms with Crippen molar-refractivity contribution in [3.05, 3.63) is 182 Å². The third-order valence-corrected chi connectivity index (χ3v) is 9.06. The molecule has 4 heteroatoms. The van der Waals surface area contributed by atoms with Crippen molar-refractivity contribution in [2.45, 2.75) is 0 Å². The Balaban J connectivity index is 1.20. The maximum atomic E-state index is 4.99. The Hall–Kier alpha value is -6.65. The van der Waals surface area contributed by atoms with Crippen LogP contribution in [0.1, 0.15) is 0 Å². The fraction of sp³-hybridized carbons (Fsp3) is 0. The van der Waals surface area contributed by atoms with Crippen molar-refractivity contribution in [3.8, 4) is 62.1 Å². The van der Waals surface area contributed by atoms with Gasteiger partial charge in [0.15, 0.2) is 17.5 Å². The first-order chi connectivity index (χ1) is 24.3. The topological polar surface area (TPSA) is 43.6 Å². The molecular weight excluding hydrogens is 597 g/mol. The summed E-state index contributed by atoms with van der Waals surface area (Å²) in [6.45, 7) is 0. The van der Waals surface area contributed by atoms with Gasteiger partial charge in [0.05, 0.1) is 16.7 Å². The van der Waals surface area contributed by atoms with E-state index in [1.807, 2.05) is 60.7 Å². The first-order valence-electron chi connectivity index (χ1n) is 16.5. The van der Waals surface area contributed by atoms with Gasteiger partial charge in [0.1, 0.15) is 0 Å². The molecule has 0 N–H and O–H groups in total. The van der Waals surface area contributed by atoms with Gasteiger partial charge in [-0.25, -0.2) is 15.0 Å². The van der Waals surface area contributed by atoms with Crippen molar-refractivity contribution < 1.29 is 0 Å². The summed E-state index contributed by atoms with van der Waals surface area (Å²) in [7, 11) is 0. The highest BCUT2D eigenvalue weighted by Gasteiger charge is 2.17. The van der Waals surface area contributed by atoms with E-state index in [9.17, 15) is 0 Å². The third-order valence-electron chi connectivity index (χ3n) is 9.06. The second-order valence-corrected chi connectivity index (χ2v) is 12.1. The molecule has 49 heavy (non-hydrogen) atoms. The lowest BCUT2D eigenvalue weighted by molar-refractivity contribution is 1.07. The first-order valence-corrected chi connectivity index (χ1v) is 16.5. The van der Waals surface area contributed by atoms with Crippen LogP contribution < -0.4 is 0 Å². The van der Waals surface area contributed by atoms with E-state index >= 15 is 0 Å². The molecule has 0 spiro atoms. The summed E-state index contributed by atoms with van der Waals surface area (Å²) >= 11 is 0. The first kappa shape index (κ1) is 28.6. The smallest absolute Gasteiger partial charge is 0.164 e. The Morgan fingerprint density at radius 2 is 0.816 bits per heavy atom. The zero-order valence-corrected chi connectivity index (χ0v) is 26.6. The van der Waals surface area contributed by atoms with E-state index in [4.69, 9.17) is 15.0 Å². The second kappa shape index (κ2) is 12.2. The van der Waals surface area contributed by atoms with Crippen LogP contribution in [0.5, 0.6) is 0 Å². The van der Waals surface area contributed by atoms with E-state index in [-0.39, 0.29) is 0 Å². The summed E-state index contributed by atoms with van der Waals surface area (Å²) in [6.07, 6.45) is 0. The van der Waals surface area contributed by atoms with Gasteiger partial charge in [-0.15, -0.1) is 0 Å². The highest BCUT2D eigenvalue weighted by molar-refractivity contribution is 6.11. The molecule has 0 atom stereocenters. The Bertz CT molecular complexity index is 2530. The third kappa shape index (κ3) is 5.26. The molecule has 0 aliphatic rings. The van der Waals surface area contributed by atoms with Crippen LogP contribution >= 0.6 is 0 Å². The minimum Gasteiger partial charge on any atom is -0.309 e. The number of hydrogen-bond acceptors (Lipinski definition) is 3. The Morgan fingerprint density at radius 3 is 1.51 bits per heavy atom. The average molecular weight is 627 g/mol. The highest BCUT2D eigenvalue weighted by atomic mass is 15.0. The molecule has 0 bridgehead atoms. The van der Waals surface area contributed by atoms with E-state index in [1.54, 1.807) is 0 Å². The lowest BCUT2D eigenvalue weighted by atomic mass is 10.0. The normalized spacial score (nSPS) is 11.3. The second-order valence-electron chi connectivity index (χ2n) is 12.1. The molecule has 0 saturated carbocycles. The van der Waals surface area contributed by atoms with Gasteiger partial charge in [0.2, 0.25) is 0 Å². The zero-order valence-electron chi connectivity index (χ0n) is 26.6. The molecule has 2 aromatic heterocycles. The molecule has 0 saturated heterocycles. The predicted molar refractivity (Wildman–Crippen MR) is 201 cm³/mol. The van der Waals surface area contributed by atoms with Gasteiger partial charge in [-0.2, -0.15) is 0 Å². The van der Waals surface area contributed by atoms with Crippen LogP contribution in [-0.4, -0.2) is 19.5 Å². The van der Waals surface area contributed by atoms with Crippen LogP contribution in [0, 0.1) is 0 Å². The predicted octanol–water partition coefficient (Wildman–Crippen LogP) is 11.3. The summed E-state index contributed by atoms with van der Waals surface area (Å²) in [4.78, 5) is 14.9. The van der Waals surface area contributed by atoms with Gasteiger partial charge < -0.3 is 4.57 Å². The molecule has 7 aromatic carbocycles. The summed E-state index contributed by atoms with van der Waals surface area (Å²) in [5, 5.41) is 2.46. The molecule has 9 aromatic rings. The van der Waals surface area contributed by atoms with Crippen molar-refractivity contribution >= 4 is 21.8 Å². The van der Waals surface area contributed by atoms with Crippen molar-refractivity contribution in [3.63, 3.8) is 0 Å². The van der Waals surface area contributed by atoms with Gasteiger partial charge in [0.25, 0.3) is 0 Å². The molecule has 0 radical (unpaired) electrons. The number of benzene rings is 7.